The summed E-state index contributed by atoms with van der Waals surface area (Å²) in [7, 11) is 0. The third kappa shape index (κ3) is 5.89. The van der Waals surface area contributed by atoms with Gasteiger partial charge in [-0.25, -0.2) is 0 Å². The molecule has 0 saturated heterocycles. The van der Waals surface area contributed by atoms with Crippen LogP contribution in [0.1, 0.15) is 35.4 Å². The average molecular weight is 427 g/mol. The lowest BCUT2D eigenvalue weighted by Gasteiger charge is -2.04. The number of rotatable bonds is 9. The number of hydrogen-bond donors (Lipinski definition) is 1. The molecule has 3 rings (SSSR count). The summed E-state index contributed by atoms with van der Waals surface area (Å²) in [5.41, 5.74) is 4.21. The molecule has 0 bridgehead atoms. The largest absolute Gasteiger partial charge is 0.300 e. The van der Waals surface area contributed by atoms with Crippen LogP contribution in [-0.4, -0.2) is 25.9 Å². The molecule has 150 valence electrons. The second-order valence-corrected chi connectivity index (χ2v) is 8.68. The topological polar surface area (TPSA) is 96.5 Å². The molecule has 3 aromatic rings. The first kappa shape index (κ1) is 21.0. The molecular formula is C20H22N6OS2. The Bertz CT molecular complexity index is 1010. The molecule has 0 aliphatic rings. The van der Waals surface area contributed by atoms with Crippen molar-refractivity contribution in [2.75, 3.05) is 5.32 Å². The number of nitrogens with zero attached hydrogens (tertiary/aromatic N) is 5. The molecule has 7 nitrogen and oxygen atoms in total. The molecule has 29 heavy (non-hydrogen) atoms. The summed E-state index contributed by atoms with van der Waals surface area (Å²) in [6, 6.07) is 12.3. The minimum absolute atomic E-state index is 0.0932. The Kier molecular flexibility index (Phi) is 7.38. The van der Waals surface area contributed by atoms with E-state index in [2.05, 4.69) is 38.8 Å². The van der Waals surface area contributed by atoms with Gasteiger partial charge in [-0.05, 0) is 31.4 Å². The molecule has 9 heteroatoms. The Hall–Kier alpha value is -2.70. The van der Waals surface area contributed by atoms with Crippen molar-refractivity contribution in [3.8, 4) is 6.07 Å². The first-order valence-electron chi connectivity index (χ1n) is 9.26. The lowest BCUT2D eigenvalue weighted by molar-refractivity contribution is -0.116. The SMILES string of the molecule is Cc1nn(CCC#N)c(C)c1CCC(=O)Nc1nnc(SCc2ccccc2)s1. The van der Waals surface area contributed by atoms with Crippen LogP contribution in [0.2, 0.25) is 0 Å². The summed E-state index contributed by atoms with van der Waals surface area (Å²) in [5.74, 6) is 0.724. The van der Waals surface area contributed by atoms with Gasteiger partial charge in [-0.15, -0.1) is 10.2 Å². The lowest BCUT2D eigenvalue weighted by atomic mass is 10.1. The number of aryl methyl sites for hydroxylation is 2. The van der Waals surface area contributed by atoms with E-state index in [0.29, 0.717) is 30.9 Å². The number of carbonyl (C=O) groups is 1. The molecule has 0 aliphatic carbocycles. The summed E-state index contributed by atoms with van der Waals surface area (Å²) in [6.45, 7) is 4.49. The van der Waals surface area contributed by atoms with Crippen LogP contribution in [0, 0.1) is 25.2 Å². The van der Waals surface area contributed by atoms with Gasteiger partial charge in [0.25, 0.3) is 0 Å². The van der Waals surface area contributed by atoms with Crippen LogP contribution in [-0.2, 0) is 23.5 Å². The number of amides is 1. The highest BCUT2D eigenvalue weighted by Crippen LogP contribution is 2.28. The Morgan fingerprint density at radius 3 is 2.83 bits per heavy atom. The Morgan fingerprint density at radius 1 is 1.28 bits per heavy atom. The van der Waals surface area contributed by atoms with E-state index in [1.165, 1.54) is 16.9 Å². The van der Waals surface area contributed by atoms with Crippen molar-refractivity contribution in [3.05, 3.63) is 52.8 Å². The molecule has 0 aliphatic heterocycles. The number of anilines is 1. The quantitative estimate of drug-likeness (QED) is 0.408. The van der Waals surface area contributed by atoms with Crippen molar-refractivity contribution < 1.29 is 4.79 Å². The van der Waals surface area contributed by atoms with Crippen LogP contribution >= 0.6 is 23.1 Å². The zero-order valence-electron chi connectivity index (χ0n) is 16.4. The monoisotopic (exact) mass is 426 g/mol. The molecule has 2 heterocycles. The van der Waals surface area contributed by atoms with Gasteiger partial charge in [0.1, 0.15) is 0 Å². The number of thioether (sulfide) groups is 1. The van der Waals surface area contributed by atoms with Crippen LogP contribution < -0.4 is 5.32 Å². The molecule has 0 unspecified atom stereocenters. The fraction of sp³-hybridized carbons (Fsp3) is 0.350. The van der Waals surface area contributed by atoms with Crippen LogP contribution in [0.3, 0.4) is 0 Å². The highest BCUT2D eigenvalue weighted by atomic mass is 32.2. The van der Waals surface area contributed by atoms with Crippen LogP contribution in [0.25, 0.3) is 0 Å². The van der Waals surface area contributed by atoms with Crippen molar-refractivity contribution in [1.29, 1.82) is 5.26 Å². The number of benzene rings is 1. The zero-order chi connectivity index (χ0) is 20.6. The summed E-state index contributed by atoms with van der Waals surface area (Å²) in [6.07, 6.45) is 1.37. The highest BCUT2D eigenvalue weighted by molar-refractivity contribution is 8.00. The minimum Gasteiger partial charge on any atom is -0.300 e. The van der Waals surface area contributed by atoms with E-state index < -0.39 is 0 Å². The van der Waals surface area contributed by atoms with E-state index in [1.807, 2.05) is 36.7 Å². The molecule has 0 fully saturated rings. The Labute approximate surface area is 178 Å². The van der Waals surface area contributed by atoms with Gasteiger partial charge < -0.3 is 5.32 Å². The van der Waals surface area contributed by atoms with Crippen molar-refractivity contribution in [3.63, 3.8) is 0 Å². The van der Waals surface area contributed by atoms with Crippen LogP contribution in [0.4, 0.5) is 5.13 Å². The van der Waals surface area contributed by atoms with Crippen LogP contribution in [0.15, 0.2) is 34.7 Å². The van der Waals surface area contributed by atoms with Gasteiger partial charge in [-0.3, -0.25) is 9.48 Å². The lowest BCUT2D eigenvalue weighted by Crippen LogP contribution is -2.12. The molecule has 1 N–H and O–H groups in total. The zero-order valence-corrected chi connectivity index (χ0v) is 18.0. The summed E-state index contributed by atoms with van der Waals surface area (Å²) in [4.78, 5) is 12.3. The smallest absolute Gasteiger partial charge is 0.226 e. The third-order valence-electron chi connectivity index (χ3n) is 4.43. The molecule has 0 saturated carbocycles. The van der Waals surface area contributed by atoms with Crippen molar-refractivity contribution >= 4 is 34.1 Å². The fourth-order valence-corrected chi connectivity index (χ4v) is 4.65. The summed E-state index contributed by atoms with van der Waals surface area (Å²) in [5, 5.41) is 24.8. The standard InChI is InChI=1S/C20H22N6OS2/c1-14-17(15(2)26(25-14)12-6-11-21)9-10-18(27)22-19-23-24-20(29-19)28-13-16-7-4-3-5-8-16/h3-5,7-8H,6,9-10,12-13H2,1-2H3,(H,22,23,27). The highest BCUT2D eigenvalue weighted by Gasteiger charge is 2.14. The molecule has 0 spiro atoms. The van der Waals surface area contributed by atoms with Crippen molar-refractivity contribution in [2.45, 2.75) is 49.7 Å². The normalized spacial score (nSPS) is 10.7. The maximum atomic E-state index is 12.3. The fourth-order valence-electron chi connectivity index (χ4n) is 2.93. The Morgan fingerprint density at radius 2 is 2.07 bits per heavy atom. The molecule has 0 atom stereocenters. The van der Waals surface area contributed by atoms with E-state index in [4.69, 9.17) is 5.26 Å². The van der Waals surface area contributed by atoms with E-state index in [0.717, 1.165) is 27.0 Å². The molecule has 2 aromatic heterocycles. The van der Waals surface area contributed by atoms with Gasteiger partial charge in [-0.1, -0.05) is 53.4 Å². The first-order valence-corrected chi connectivity index (χ1v) is 11.1. The van der Waals surface area contributed by atoms with Gasteiger partial charge in [0.2, 0.25) is 11.0 Å². The Balaban J connectivity index is 1.50. The van der Waals surface area contributed by atoms with Crippen molar-refractivity contribution in [2.24, 2.45) is 0 Å². The summed E-state index contributed by atoms with van der Waals surface area (Å²) < 4.78 is 2.67. The molecule has 0 radical (unpaired) electrons. The van der Waals surface area contributed by atoms with E-state index >= 15 is 0 Å². The molecule has 1 aromatic carbocycles. The average Bonchev–Trinajstić information content (AvgIpc) is 3.27. The number of carbonyl (C=O) groups excluding carboxylic acids is 1. The second-order valence-electron chi connectivity index (χ2n) is 6.48. The van der Waals surface area contributed by atoms with Gasteiger partial charge in [0.15, 0.2) is 4.34 Å². The van der Waals surface area contributed by atoms with Crippen LogP contribution in [0.5, 0.6) is 0 Å². The first-order chi connectivity index (χ1) is 14.1. The molecular weight excluding hydrogens is 404 g/mol. The van der Waals surface area contributed by atoms with E-state index in [9.17, 15) is 4.79 Å². The number of nitriles is 1. The van der Waals surface area contributed by atoms with Gasteiger partial charge in [-0.2, -0.15) is 10.4 Å². The number of nitrogens with one attached hydrogen (secondary N) is 1. The van der Waals surface area contributed by atoms with Crippen molar-refractivity contribution in [1.82, 2.24) is 20.0 Å². The number of hydrogen-bond acceptors (Lipinski definition) is 7. The molecule has 1 amide bonds. The van der Waals surface area contributed by atoms with Gasteiger partial charge in [0, 0.05) is 17.9 Å². The van der Waals surface area contributed by atoms with Gasteiger partial charge in [0.05, 0.1) is 24.7 Å². The third-order valence-corrected chi connectivity index (χ3v) is 6.47. The second kappa shape index (κ2) is 10.2. The maximum Gasteiger partial charge on any atom is 0.226 e. The predicted molar refractivity (Wildman–Crippen MR) is 115 cm³/mol. The maximum absolute atomic E-state index is 12.3. The predicted octanol–water partition coefficient (Wildman–Crippen LogP) is 4.13. The van der Waals surface area contributed by atoms with E-state index in [1.54, 1.807) is 11.8 Å². The van der Waals surface area contributed by atoms with Gasteiger partial charge >= 0.3 is 0 Å². The number of aromatic nitrogens is 4. The summed E-state index contributed by atoms with van der Waals surface area (Å²) >= 11 is 2.99. The van der Waals surface area contributed by atoms with E-state index in [-0.39, 0.29) is 5.91 Å². The minimum atomic E-state index is -0.0932.